The van der Waals surface area contributed by atoms with Gasteiger partial charge in [-0.2, -0.15) is 10.2 Å². The standard InChI is InChI=1S/C9H12N4O/c1-7-3-8(11-12(7)2)5-13-6-9(14)4-10-13/h3-4,6,14H,5H2,1-2H3. The van der Waals surface area contributed by atoms with Gasteiger partial charge in [0.1, 0.15) is 0 Å². The van der Waals surface area contributed by atoms with Crippen molar-refractivity contribution in [3.8, 4) is 5.75 Å². The van der Waals surface area contributed by atoms with Crippen molar-refractivity contribution in [1.29, 1.82) is 0 Å². The molecular formula is C9H12N4O. The first-order chi connectivity index (χ1) is 6.65. The molecule has 74 valence electrons. The van der Waals surface area contributed by atoms with Crippen molar-refractivity contribution < 1.29 is 5.11 Å². The van der Waals surface area contributed by atoms with Crippen LogP contribution in [0, 0.1) is 6.92 Å². The summed E-state index contributed by atoms with van der Waals surface area (Å²) < 4.78 is 3.47. The van der Waals surface area contributed by atoms with Gasteiger partial charge in [0.05, 0.1) is 24.6 Å². The van der Waals surface area contributed by atoms with Crippen LogP contribution in [0.2, 0.25) is 0 Å². The van der Waals surface area contributed by atoms with Crippen LogP contribution in [-0.4, -0.2) is 24.7 Å². The lowest BCUT2D eigenvalue weighted by Crippen LogP contribution is -2.01. The quantitative estimate of drug-likeness (QED) is 0.761. The van der Waals surface area contributed by atoms with Gasteiger partial charge in [0.15, 0.2) is 5.75 Å². The molecular weight excluding hydrogens is 180 g/mol. The van der Waals surface area contributed by atoms with E-state index in [1.54, 1.807) is 10.9 Å². The lowest BCUT2D eigenvalue weighted by molar-refractivity contribution is 0.474. The summed E-state index contributed by atoms with van der Waals surface area (Å²) in [4.78, 5) is 0. The fourth-order valence-corrected chi connectivity index (χ4v) is 1.32. The van der Waals surface area contributed by atoms with Crippen LogP contribution < -0.4 is 0 Å². The average molecular weight is 192 g/mol. The molecule has 5 nitrogen and oxygen atoms in total. The summed E-state index contributed by atoms with van der Waals surface area (Å²) in [5.74, 6) is 0.178. The van der Waals surface area contributed by atoms with Gasteiger partial charge in [0.2, 0.25) is 0 Å². The number of aromatic hydroxyl groups is 1. The molecule has 0 spiro atoms. The first-order valence-electron chi connectivity index (χ1n) is 4.36. The Labute approximate surface area is 81.6 Å². The molecule has 5 heteroatoms. The molecule has 0 saturated heterocycles. The van der Waals surface area contributed by atoms with E-state index in [0.29, 0.717) is 6.54 Å². The fraction of sp³-hybridized carbons (Fsp3) is 0.333. The highest BCUT2D eigenvalue weighted by Gasteiger charge is 2.03. The number of rotatable bonds is 2. The van der Waals surface area contributed by atoms with E-state index < -0.39 is 0 Å². The lowest BCUT2D eigenvalue weighted by atomic mass is 10.4. The van der Waals surface area contributed by atoms with Crippen LogP contribution in [0.4, 0.5) is 0 Å². The Bertz CT molecular complexity index is 424. The monoisotopic (exact) mass is 192 g/mol. The van der Waals surface area contributed by atoms with Crippen LogP contribution in [0.25, 0.3) is 0 Å². The van der Waals surface area contributed by atoms with Crippen LogP contribution in [0.15, 0.2) is 18.5 Å². The second-order valence-electron chi connectivity index (χ2n) is 3.30. The van der Waals surface area contributed by atoms with Gasteiger partial charge < -0.3 is 5.11 Å². The third-order valence-electron chi connectivity index (χ3n) is 2.11. The summed E-state index contributed by atoms with van der Waals surface area (Å²) in [7, 11) is 1.90. The first-order valence-corrected chi connectivity index (χ1v) is 4.36. The maximum atomic E-state index is 9.08. The molecule has 0 saturated carbocycles. The number of aromatic nitrogens is 4. The Morgan fingerprint density at radius 2 is 2.29 bits per heavy atom. The molecule has 0 aromatic carbocycles. The molecule has 2 rings (SSSR count). The van der Waals surface area contributed by atoms with E-state index >= 15 is 0 Å². The van der Waals surface area contributed by atoms with Crippen molar-refractivity contribution in [2.45, 2.75) is 13.5 Å². The number of nitrogens with zero attached hydrogens (tertiary/aromatic N) is 4. The zero-order chi connectivity index (χ0) is 10.1. The molecule has 0 fully saturated rings. The van der Waals surface area contributed by atoms with E-state index in [-0.39, 0.29) is 5.75 Å². The van der Waals surface area contributed by atoms with Crippen LogP contribution >= 0.6 is 0 Å². The van der Waals surface area contributed by atoms with E-state index in [1.807, 2.05) is 24.7 Å². The summed E-state index contributed by atoms with van der Waals surface area (Å²) in [6.07, 6.45) is 2.99. The predicted octanol–water partition coefficient (Wildman–Crippen LogP) is 0.679. The Hall–Kier alpha value is -1.78. The van der Waals surface area contributed by atoms with Gasteiger partial charge in [0, 0.05) is 12.7 Å². The van der Waals surface area contributed by atoms with Gasteiger partial charge in [-0.05, 0) is 13.0 Å². The van der Waals surface area contributed by atoms with Crippen molar-refractivity contribution >= 4 is 0 Å². The third-order valence-corrected chi connectivity index (χ3v) is 2.11. The SMILES string of the molecule is Cc1cc(Cn2cc(O)cn2)nn1C. The van der Waals surface area contributed by atoms with Crippen molar-refractivity contribution in [3.05, 3.63) is 29.8 Å². The minimum absolute atomic E-state index is 0.178. The molecule has 0 bridgehead atoms. The Kier molecular flexibility index (Phi) is 1.99. The van der Waals surface area contributed by atoms with Gasteiger partial charge in [-0.15, -0.1) is 0 Å². The van der Waals surface area contributed by atoms with Crippen molar-refractivity contribution in [2.75, 3.05) is 0 Å². The second-order valence-corrected chi connectivity index (χ2v) is 3.30. The van der Waals surface area contributed by atoms with Crippen LogP contribution in [0.1, 0.15) is 11.4 Å². The third kappa shape index (κ3) is 1.61. The second kappa shape index (κ2) is 3.17. The smallest absolute Gasteiger partial charge is 0.153 e. The number of aryl methyl sites for hydroxylation is 2. The topological polar surface area (TPSA) is 55.9 Å². The molecule has 0 atom stereocenters. The van der Waals surface area contributed by atoms with E-state index in [2.05, 4.69) is 10.2 Å². The normalized spacial score (nSPS) is 10.7. The number of hydrogen-bond acceptors (Lipinski definition) is 3. The van der Waals surface area contributed by atoms with Crippen molar-refractivity contribution in [2.24, 2.45) is 7.05 Å². The fourth-order valence-electron chi connectivity index (χ4n) is 1.32. The highest BCUT2D eigenvalue weighted by molar-refractivity contribution is 5.12. The van der Waals surface area contributed by atoms with E-state index in [9.17, 15) is 0 Å². The van der Waals surface area contributed by atoms with Crippen LogP contribution in [-0.2, 0) is 13.6 Å². The summed E-state index contributed by atoms with van der Waals surface area (Å²) >= 11 is 0. The van der Waals surface area contributed by atoms with Crippen molar-refractivity contribution in [1.82, 2.24) is 19.6 Å². The minimum atomic E-state index is 0.178. The molecule has 0 unspecified atom stereocenters. The van der Waals surface area contributed by atoms with Crippen molar-refractivity contribution in [3.63, 3.8) is 0 Å². The molecule has 1 N–H and O–H groups in total. The zero-order valence-corrected chi connectivity index (χ0v) is 8.18. The Balaban J connectivity index is 2.18. The summed E-state index contributed by atoms with van der Waals surface area (Å²) in [6, 6.07) is 2.00. The summed E-state index contributed by atoms with van der Waals surface area (Å²) in [5.41, 5.74) is 2.05. The van der Waals surface area contributed by atoms with E-state index in [1.165, 1.54) is 6.20 Å². The minimum Gasteiger partial charge on any atom is -0.505 e. The maximum Gasteiger partial charge on any atom is 0.153 e. The summed E-state index contributed by atoms with van der Waals surface area (Å²) in [6.45, 7) is 2.58. The molecule has 2 aromatic heterocycles. The average Bonchev–Trinajstić information content (AvgIpc) is 2.62. The molecule has 0 amide bonds. The molecule has 0 aliphatic rings. The first kappa shape index (κ1) is 8.80. The van der Waals surface area contributed by atoms with Gasteiger partial charge >= 0.3 is 0 Å². The molecule has 14 heavy (non-hydrogen) atoms. The zero-order valence-electron chi connectivity index (χ0n) is 8.18. The van der Waals surface area contributed by atoms with Gasteiger partial charge in [0.25, 0.3) is 0 Å². The molecule has 0 radical (unpaired) electrons. The van der Waals surface area contributed by atoms with Gasteiger partial charge in [-0.25, -0.2) is 0 Å². The lowest BCUT2D eigenvalue weighted by Gasteiger charge is -1.95. The molecule has 2 aromatic rings. The highest BCUT2D eigenvalue weighted by atomic mass is 16.3. The molecule has 0 aliphatic carbocycles. The van der Waals surface area contributed by atoms with Gasteiger partial charge in [-0.1, -0.05) is 0 Å². The van der Waals surface area contributed by atoms with E-state index in [0.717, 1.165) is 11.4 Å². The molecule has 2 heterocycles. The Morgan fingerprint density at radius 1 is 1.50 bits per heavy atom. The van der Waals surface area contributed by atoms with Crippen LogP contribution in [0.5, 0.6) is 5.75 Å². The predicted molar refractivity (Wildman–Crippen MR) is 50.9 cm³/mol. The van der Waals surface area contributed by atoms with E-state index in [4.69, 9.17) is 5.11 Å². The number of hydrogen-bond donors (Lipinski definition) is 1. The molecule has 0 aliphatic heterocycles. The van der Waals surface area contributed by atoms with Crippen LogP contribution in [0.3, 0.4) is 0 Å². The summed E-state index contributed by atoms with van der Waals surface area (Å²) in [5, 5.41) is 17.3. The Morgan fingerprint density at radius 3 is 2.79 bits per heavy atom. The maximum absolute atomic E-state index is 9.08. The largest absolute Gasteiger partial charge is 0.505 e. The van der Waals surface area contributed by atoms with Gasteiger partial charge in [-0.3, -0.25) is 9.36 Å². The highest BCUT2D eigenvalue weighted by Crippen LogP contribution is 2.07.